The van der Waals surface area contributed by atoms with Crippen molar-refractivity contribution in [3.8, 4) is 0 Å². The number of sulfonamides is 1. The van der Waals surface area contributed by atoms with Crippen LogP contribution >= 0.6 is 0 Å². The van der Waals surface area contributed by atoms with E-state index < -0.39 is 39.4 Å². The summed E-state index contributed by atoms with van der Waals surface area (Å²) in [6, 6.07) is 3.02. The third-order valence-electron chi connectivity index (χ3n) is 5.12. The van der Waals surface area contributed by atoms with Gasteiger partial charge in [-0.25, -0.2) is 17.6 Å². The third kappa shape index (κ3) is 5.12. The molecule has 1 atom stereocenters. The van der Waals surface area contributed by atoms with Crippen molar-refractivity contribution in [3.05, 3.63) is 29.6 Å². The predicted octanol–water partition coefficient (Wildman–Crippen LogP) is 1.45. The van der Waals surface area contributed by atoms with E-state index in [1.54, 1.807) is 0 Å². The van der Waals surface area contributed by atoms with Crippen molar-refractivity contribution in [1.82, 2.24) is 9.62 Å². The molecule has 0 unspecified atom stereocenters. The second-order valence-corrected chi connectivity index (χ2v) is 9.13. The van der Waals surface area contributed by atoms with Crippen LogP contribution in [0.25, 0.3) is 0 Å². The summed E-state index contributed by atoms with van der Waals surface area (Å²) in [6.45, 7) is 2.29. The molecule has 3 rings (SSSR count). The normalized spacial score (nSPS) is 19.7. The minimum atomic E-state index is -3.90. The van der Waals surface area contributed by atoms with E-state index in [1.165, 1.54) is 11.2 Å². The number of halogens is 1. The van der Waals surface area contributed by atoms with Gasteiger partial charge in [0.25, 0.3) is 5.91 Å². The van der Waals surface area contributed by atoms with Crippen molar-refractivity contribution in [2.75, 3.05) is 26.3 Å². The number of esters is 1. The summed E-state index contributed by atoms with van der Waals surface area (Å²) in [5.41, 5.74) is -0.528. The van der Waals surface area contributed by atoms with Crippen LogP contribution in [-0.2, 0) is 24.3 Å². The maximum absolute atomic E-state index is 14.2. The Bertz CT molecular complexity index is 863. The summed E-state index contributed by atoms with van der Waals surface area (Å²) in [6.07, 6.45) is 2.70. The fourth-order valence-electron chi connectivity index (χ4n) is 3.42. The Kier molecular flexibility index (Phi) is 6.86. The quantitative estimate of drug-likeness (QED) is 0.688. The van der Waals surface area contributed by atoms with E-state index in [1.807, 2.05) is 0 Å². The number of nitrogens with one attached hydrogen (secondary N) is 1. The Hall–Kier alpha value is -2.04. The number of carbonyl (C=O) groups excluding carboxylic acids is 2. The molecule has 1 aliphatic heterocycles. The van der Waals surface area contributed by atoms with Crippen LogP contribution in [0.1, 0.15) is 43.0 Å². The van der Waals surface area contributed by atoms with Gasteiger partial charge in [-0.05, 0) is 38.0 Å². The van der Waals surface area contributed by atoms with Gasteiger partial charge in [-0.1, -0.05) is 12.8 Å². The van der Waals surface area contributed by atoms with Crippen molar-refractivity contribution in [2.24, 2.45) is 0 Å². The van der Waals surface area contributed by atoms with Crippen molar-refractivity contribution in [1.29, 1.82) is 0 Å². The van der Waals surface area contributed by atoms with E-state index in [4.69, 9.17) is 9.47 Å². The Morgan fingerprint density at radius 1 is 1.24 bits per heavy atom. The lowest BCUT2D eigenvalue weighted by Crippen LogP contribution is -2.41. The first kappa shape index (κ1) is 21.7. The van der Waals surface area contributed by atoms with Crippen LogP contribution in [0.5, 0.6) is 0 Å². The fourth-order valence-corrected chi connectivity index (χ4v) is 4.86. The first-order valence-corrected chi connectivity index (χ1v) is 11.1. The van der Waals surface area contributed by atoms with Crippen LogP contribution in [0.15, 0.2) is 23.1 Å². The molecule has 2 aliphatic rings. The lowest BCUT2D eigenvalue weighted by atomic mass is 10.2. The minimum absolute atomic E-state index is 0.0578. The number of amides is 1. The lowest BCUT2D eigenvalue weighted by Gasteiger charge is -2.26. The maximum Gasteiger partial charge on any atom is 0.341 e. The maximum atomic E-state index is 14.2. The monoisotopic (exact) mass is 428 g/mol. The average Bonchev–Trinajstić information content (AvgIpc) is 3.21. The smallest absolute Gasteiger partial charge is 0.341 e. The summed E-state index contributed by atoms with van der Waals surface area (Å²) < 4.78 is 51.1. The van der Waals surface area contributed by atoms with Gasteiger partial charge in [0.05, 0.1) is 23.7 Å². The zero-order chi connectivity index (χ0) is 21.0. The summed E-state index contributed by atoms with van der Waals surface area (Å²) in [5.74, 6) is -2.46. The molecule has 8 nitrogen and oxygen atoms in total. The van der Waals surface area contributed by atoms with Crippen molar-refractivity contribution in [3.63, 3.8) is 0 Å². The van der Waals surface area contributed by atoms with E-state index in [9.17, 15) is 22.4 Å². The number of nitrogens with zero attached hydrogens (tertiary/aromatic N) is 1. The van der Waals surface area contributed by atoms with E-state index in [2.05, 4.69) is 5.32 Å². The highest BCUT2D eigenvalue weighted by atomic mass is 32.2. The van der Waals surface area contributed by atoms with Gasteiger partial charge < -0.3 is 14.8 Å². The van der Waals surface area contributed by atoms with Crippen molar-refractivity contribution >= 4 is 21.9 Å². The molecule has 1 saturated heterocycles. The molecule has 2 fully saturated rings. The van der Waals surface area contributed by atoms with E-state index in [-0.39, 0.29) is 37.2 Å². The van der Waals surface area contributed by atoms with Gasteiger partial charge in [-0.15, -0.1) is 0 Å². The predicted molar refractivity (Wildman–Crippen MR) is 101 cm³/mol. The van der Waals surface area contributed by atoms with Gasteiger partial charge in [0, 0.05) is 19.1 Å². The molecule has 0 radical (unpaired) electrons. The summed E-state index contributed by atoms with van der Waals surface area (Å²) in [7, 11) is -3.90. The average molecular weight is 428 g/mol. The van der Waals surface area contributed by atoms with Gasteiger partial charge in [0.15, 0.2) is 6.10 Å². The van der Waals surface area contributed by atoms with Crippen molar-refractivity contribution in [2.45, 2.75) is 49.6 Å². The number of ether oxygens (including phenoxy) is 2. The number of rotatable bonds is 6. The molecular formula is C19H25FN2O6S. The molecule has 10 heteroatoms. The Morgan fingerprint density at radius 3 is 2.55 bits per heavy atom. The molecule has 1 aromatic rings. The molecule has 0 bridgehead atoms. The van der Waals surface area contributed by atoms with Gasteiger partial charge in [0.1, 0.15) is 5.82 Å². The second-order valence-electron chi connectivity index (χ2n) is 7.20. The van der Waals surface area contributed by atoms with Crippen LogP contribution < -0.4 is 5.32 Å². The first-order chi connectivity index (χ1) is 13.8. The Morgan fingerprint density at radius 2 is 1.90 bits per heavy atom. The molecule has 1 saturated carbocycles. The molecule has 1 heterocycles. The zero-order valence-corrected chi connectivity index (χ0v) is 17.0. The highest BCUT2D eigenvalue weighted by Crippen LogP contribution is 2.22. The van der Waals surface area contributed by atoms with Crippen LogP contribution in [0.4, 0.5) is 4.39 Å². The van der Waals surface area contributed by atoms with Gasteiger partial charge in [-0.3, -0.25) is 4.79 Å². The Balaban J connectivity index is 1.71. The highest BCUT2D eigenvalue weighted by Gasteiger charge is 2.29. The second kappa shape index (κ2) is 9.19. The van der Waals surface area contributed by atoms with E-state index >= 15 is 0 Å². The first-order valence-electron chi connectivity index (χ1n) is 9.68. The molecule has 0 aromatic heterocycles. The Labute approximate surface area is 169 Å². The number of benzene rings is 1. The van der Waals surface area contributed by atoms with Crippen molar-refractivity contribution < 1.29 is 31.9 Å². The third-order valence-corrected chi connectivity index (χ3v) is 7.01. The number of morpholine rings is 1. The summed E-state index contributed by atoms with van der Waals surface area (Å²) in [4.78, 5) is 24.4. The summed E-state index contributed by atoms with van der Waals surface area (Å²) in [5, 5.41) is 2.80. The molecular weight excluding hydrogens is 403 g/mol. The van der Waals surface area contributed by atoms with E-state index in [0.29, 0.717) is 0 Å². The van der Waals surface area contributed by atoms with Crippen LogP contribution in [0.2, 0.25) is 0 Å². The zero-order valence-electron chi connectivity index (χ0n) is 16.2. The fraction of sp³-hybridized carbons (Fsp3) is 0.579. The molecule has 160 valence electrons. The lowest BCUT2D eigenvalue weighted by molar-refractivity contribution is -0.129. The molecule has 1 amide bonds. The van der Waals surface area contributed by atoms with Crippen LogP contribution in [0, 0.1) is 5.82 Å². The highest BCUT2D eigenvalue weighted by molar-refractivity contribution is 7.89. The van der Waals surface area contributed by atoms with E-state index in [0.717, 1.165) is 43.9 Å². The van der Waals surface area contributed by atoms with Gasteiger partial charge >= 0.3 is 5.97 Å². The molecule has 29 heavy (non-hydrogen) atoms. The molecule has 0 spiro atoms. The summed E-state index contributed by atoms with van der Waals surface area (Å²) >= 11 is 0. The standard InChI is InChI=1S/C19H25FN2O6S/c1-13(18(23)21-14-4-2-3-5-14)28-19(24)16-12-15(6-7-17(16)20)29(25,26)22-8-10-27-11-9-22/h6-7,12-14H,2-5,8-11H2,1H3,(H,21,23)/t13-/m1/s1. The molecule has 1 aliphatic carbocycles. The number of hydrogen-bond acceptors (Lipinski definition) is 6. The SMILES string of the molecule is C[C@@H](OC(=O)c1cc(S(=O)(=O)N2CCOCC2)ccc1F)C(=O)NC1CCCC1. The largest absolute Gasteiger partial charge is 0.449 e. The minimum Gasteiger partial charge on any atom is -0.449 e. The van der Waals surface area contributed by atoms with Gasteiger partial charge in [-0.2, -0.15) is 4.31 Å². The number of hydrogen-bond donors (Lipinski definition) is 1. The van der Waals surface area contributed by atoms with Crippen LogP contribution in [-0.4, -0.2) is 63.0 Å². The van der Waals surface area contributed by atoms with Gasteiger partial charge in [0.2, 0.25) is 10.0 Å². The number of carbonyl (C=O) groups is 2. The molecule has 1 aromatic carbocycles. The van der Waals surface area contributed by atoms with Crippen LogP contribution in [0.3, 0.4) is 0 Å². The molecule has 1 N–H and O–H groups in total. The topological polar surface area (TPSA) is 102 Å².